The SMILES string of the molecule is CCCC(=O)N1CCC(N2CCCCC(Nc3nccc(N4CCCCCC4)n3)C2)CC1. The van der Waals surface area contributed by atoms with Crippen molar-refractivity contribution in [3.8, 4) is 0 Å². The van der Waals surface area contributed by atoms with Crippen LogP contribution in [-0.2, 0) is 4.79 Å². The van der Waals surface area contributed by atoms with Crippen molar-refractivity contribution in [1.29, 1.82) is 0 Å². The Morgan fingerprint density at radius 2 is 1.75 bits per heavy atom. The monoisotopic (exact) mass is 442 g/mol. The molecule has 0 spiro atoms. The minimum Gasteiger partial charge on any atom is -0.356 e. The summed E-state index contributed by atoms with van der Waals surface area (Å²) in [6.07, 6.45) is 14.6. The maximum Gasteiger partial charge on any atom is 0.224 e. The average Bonchev–Trinajstić information content (AvgIpc) is 3.23. The maximum absolute atomic E-state index is 12.2. The predicted molar refractivity (Wildman–Crippen MR) is 130 cm³/mol. The number of likely N-dealkylation sites (tertiary alicyclic amines) is 2. The van der Waals surface area contributed by atoms with Gasteiger partial charge in [-0.2, -0.15) is 4.98 Å². The van der Waals surface area contributed by atoms with Crippen LogP contribution in [0, 0.1) is 0 Å². The smallest absolute Gasteiger partial charge is 0.224 e. The van der Waals surface area contributed by atoms with Gasteiger partial charge in [0.15, 0.2) is 0 Å². The average molecular weight is 443 g/mol. The Morgan fingerprint density at radius 3 is 2.50 bits per heavy atom. The van der Waals surface area contributed by atoms with Crippen molar-refractivity contribution in [2.45, 2.75) is 89.6 Å². The second-order valence-corrected chi connectivity index (χ2v) is 9.83. The molecule has 1 amide bonds. The van der Waals surface area contributed by atoms with E-state index in [1.807, 2.05) is 6.20 Å². The molecule has 1 N–H and O–H groups in total. The van der Waals surface area contributed by atoms with E-state index in [-0.39, 0.29) is 0 Å². The van der Waals surface area contributed by atoms with E-state index < -0.39 is 0 Å². The highest BCUT2D eigenvalue weighted by atomic mass is 16.2. The Bertz CT molecular complexity index is 712. The number of nitrogens with zero attached hydrogens (tertiary/aromatic N) is 5. The minimum absolute atomic E-state index is 0.336. The van der Waals surface area contributed by atoms with E-state index in [0.29, 0.717) is 24.4 Å². The van der Waals surface area contributed by atoms with Crippen LogP contribution in [0.1, 0.15) is 77.6 Å². The molecule has 1 atom stereocenters. The largest absolute Gasteiger partial charge is 0.356 e. The number of anilines is 2. The maximum atomic E-state index is 12.2. The molecule has 3 aliphatic rings. The molecule has 3 saturated heterocycles. The molecule has 0 radical (unpaired) electrons. The first-order chi connectivity index (χ1) is 15.7. The molecule has 178 valence electrons. The van der Waals surface area contributed by atoms with Gasteiger partial charge in [-0.1, -0.05) is 26.2 Å². The van der Waals surface area contributed by atoms with Crippen LogP contribution in [0.25, 0.3) is 0 Å². The highest BCUT2D eigenvalue weighted by Gasteiger charge is 2.29. The van der Waals surface area contributed by atoms with Gasteiger partial charge in [-0.3, -0.25) is 9.69 Å². The number of nitrogens with one attached hydrogen (secondary N) is 1. The molecule has 4 heterocycles. The Labute approximate surface area is 194 Å². The molecule has 0 aliphatic carbocycles. The fourth-order valence-electron chi connectivity index (χ4n) is 5.55. The molecule has 1 unspecified atom stereocenters. The Morgan fingerprint density at radius 1 is 1.00 bits per heavy atom. The van der Waals surface area contributed by atoms with Crippen LogP contribution in [0.5, 0.6) is 0 Å². The van der Waals surface area contributed by atoms with Gasteiger partial charge in [-0.05, 0) is 57.6 Å². The van der Waals surface area contributed by atoms with Gasteiger partial charge in [0.25, 0.3) is 0 Å². The first-order valence-electron chi connectivity index (χ1n) is 13.1. The van der Waals surface area contributed by atoms with Crippen LogP contribution >= 0.6 is 0 Å². The molecule has 1 aromatic heterocycles. The van der Waals surface area contributed by atoms with E-state index in [2.05, 4.69) is 38.0 Å². The van der Waals surface area contributed by atoms with Gasteiger partial charge in [-0.15, -0.1) is 0 Å². The van der Waals surface area contributed by atoms with Gasteiger partial charge in [0, 0.05) is 57.4 Å². The van der Waals surface area contributed by atoms with E-state index >= 15 is 0 Å². The molecular formula is C25H42N6O. The number of aromatic nitrogens is 2. The summed E-state index contributed by atoms with van der Waals surface area (Å²) in [4.78, 5) is 28.9. The normalized spacial score (nSPS) is 24.1. The zero-order chi connectivity index (χ0) is 22.2. The van der Waals surface area contributed by atoms with Gasteiger partial charge >= 0.3 is 0 Å². The number of carbonyl (C=O) groups excluding carboxylic acids is 1. The summed E-state index contributed by atoms with van der Waals surface area (Å²) in [5.41, 5.74) is 0. The molecule has 32 heavy (non-hydrogen) atoms. The quantitative estimate of drug-likeness (QED) is 0.721. The summed E-state index contributed by atoms with van der Waals surface area (Å²) in [5, 5.41) is 3.67. The van der Waals surface area contributed by atoms with Crippen molar-refractivity contribution in [2.75, 3.05) is 49.5 Å². The lowest BCUT2D eigenvalue weighted by atomic mass is 10.0. The lowest BCUT2D eigenvalue weighted by Gasteiger charge is -2.39. The van der Waals surface area contributed by atoms with E-state index in [1.165, 1.54) is 51.5 Å². The van der Waals surface area contributed by atoms with Crippen LogP contribution in [0.4, 0.5) is 11.8 Å². The lowest BCUT2D eigenvalue weighted by molar-refractivity contribution is -0.132. The van der Waals surface area contributed by atoms with Gasteiger partial charge < -0.3 is 15.1 Å². The summed E-state index contributed by atoms with van der Waals surface area (Å²) in [6, 6.07) is 3.04. The zero-order valence-corrected chi connectivity index (χ0v) is 20.0. The standard InChI is InChI=1S/C25H42N6O/c1-2-9-24(32)30-18-12-22(13-19-30)31-17-8-5-10-21(20-31)27-25-26-14-11-23(28-25)29-15-6-3-4-7-16-29/h11,14,21-22H,2-10,12-13,15-20H2,1H3,(H,26,27,28). The molecule has 1 aromatic rings. The van der Waals surface area contributed by atoms with Crippen LogP contribution in [0.3, 0.4) is 0 Å². The van der Waals surface area contributed by atoms with Crippen LogP contribution in [-0.4, -0.2) is 77.0 Å². The third-order valence-corrected chi connectivity index (χ3v) is 7.40. The summed E-state index contributed by atoms with van der Waals surface area (Å²) in [6.45, 7) is 8.34. The summed E-state index contributed by atoms with van der Waals surface area (Å²) < 4.78 is 0. The molecular weight excluding hydrogens is 400 g/mol. The number of amides is 1. The fraction of sp³-hybridized carbons (Fsp3) is 0.800. The van der Waals surface area contributed by atoms with Crippen molar-refractivity contribution in [1.82, 2.24) is 19.8 Å². The summed E-state index contributed by atoms with van der Waals surface area (Å²) in [5.74, 6) is 2.18. The topological polar surface area (TPSA) is 64.6 Å². The highest BCUT2D eigenvalue weighted by Crippen LogP contribution is 2.23. The Balaban J connectivity index is 1.33. The minimum atomic E-state index is 0.336. The first kappa shape index (κ1) is 23.3. The third-order valence-electron chi connectivity index (χ3n) is 7.40. The third kappa shape index (κ3) is 6.33. The van der Waals surface area contributed by atoms with Crippen molar-refractivity contribution in [3.63, 3.8) is 0 Å². The summed E-state index contributed by atoms with van der Waals surface area (Å²) >= 11 is 0. The van der Waals surface area contributed by atoms with Crippen molar-refractivity contribution in [2.24, 2.45) is 0 Å². The number of carbonyl (C=O) groups is 1. The molecule has 0 bridgehead atoms. The van der Waals surface area contributed by atoms with Crippen molar-refractivity contribution < 1.29 is 4.79 Å². The van der Waals surface area contributed by atoms with Crippen LogP contribution in [0.15, 0.2) is 12.3 Å². The Kier molecular flexibility index (Phi) is 8.60. The highest BCUT2D eigenvalue weighted by molar-refractivity contribution is 5.76. The van der Waals surface area contributed by atoms with E-state index in [1.54, 1.807) is 0 Å². The molecule has 3 aliphatic heterocycles. The van der Waals surface area contributed by atoms with E-state index in [4.69, 9.17) is 4.98 Å². The molecule has 7 heteroatoms. The van der Waals surface area contributed by atoms with Crippen LogP contribution in [0.2, 0.25) is 0 Å². The van der Waals surface area contributed by atoms with Gasteiger partial charge in [0.2, 0.25) is 11.9 Å². The number of hydrogen-bond donors (Lipinski definition) is 1. The first-order valence-corrected chi connectivity index (χ1v) is 13.1. The zero-order valence-electron chi connectivity index (χ0n) is 20.0. The summed E-state index contributed by atoms with van der Waals surface area (Å²) in [7, 11) is 0. The number of hydrogen-bond acceptors (Lipinski definition) is 6. The fourth-order valence-corrected chi connectivity index (χ4v) is 5.55. The van der Waals surface area contributed by atoms with E-state index in [9.17, 15) is 4.79 Å². The second kappa shape index (κ2) is 11.8. The molecule has 4 rings (SSSR count). The molecule has 7 nitrogen and oxygen atoms in total. The Hall–Kier alpha value is -1.89. The number of rotatable bonds is 6. The van der Waals surface area contributed by atoms with Gasteiger partial charge in [0.05, 0.1) is 0 Å². The van der Waals surface area contributed by atoms with Crippen molar-refractivity contribution in [3.05, 3.63) is 12.3 Å². The van der Waals surface area contributed by atoms with E-state index in [0.717, 1.165) is 63.8 Å². The van der Waals surface area contributed by atoms with Gasteiger partial charge in [0.1, 0.15) is 5.82 Å². The predicted octanol–water partition coefficient (Wildman–Crippen LogP) is 3.91. The second-order valence-electron chi connectivity index (χ2n) is 9.83. The molecule has 0 saturated carbocycles. The van der Waals surface area contributed by atoms with Gasteiger partial charge in [-0.25, -0.2) is 4.98 Å². The van der Waals surface area contributed by atoms with Crippen molar-refractivity contribution >= 4 is 17.7 Å². The van der Waals surface area contributed by atoms with Crippen LogP contribution < -0.4 is 10.2 Å². The molecule has 0 aromatic carbocycles. The lowest BCUT2D eigenvalue weighted by Crippen LogP contribution is -2.49. The number of piperidine rings is 1. The molecule has 3 fully saturated rings.